The lowest BCUT2D eigenvalue weighted by molar-refractivity contribution is -0.144. The van der Waals surface area contributed by atoms with Crippen LogP contribution in [0.3, 0.4) is 0 Å². The maximum absolute atomic E-state index is 11.1. The molecule has 3 nitrogen and oxygen atoms in total. The standard InChI is InChI=1S/C11H23NO2/c1-6-10(8(2)3)12-7-9(4)11(13)14-5/h8-10,12H,6-7H2,1-5H3. The van der Waals surface area contributed by atoms with E-state index in [1.807, 2.05) is 6.92 Å². The number of nitrogens with one attached hydrogen (secondary N) is 1. The minimum absolute atomic E-state index is 0.0622. The van der Waals surface area contributed by atoms with Crippen molar-refractivity contribution in [3.05, 3.63) is 0 Å². The molecule has 14 heavy (non-hydrogen) atoms. The molecule has 84 valence electrons. The highest BCUT2D eigenvalue weighted by Crippen LogP contribution is 2.06. The molecule has 0 aliphatic carbocycles. The van der Waals surface area contributed by atoms with Crippen LogP contribution in [0.5, 0.6) is 0 Å². The van der Waals surface area contributed by atoms with Gasteiger partial charge in [-0.05, 0) is 12.3 Å². The van der Waals surface area contributed by atoms with E-state index in [0.29, 0.717) is 18.5 Å². The number of rotatable bonds is 6. The Balaban J connectivity index is 3.85. The maximum Gasteiger partial charge on any atom is 0.309 e. The lowest BCUT2D eigenvalue weighted by Crippen LogP contribution is -2.38. The van der Waals surface area contributed by atoms with E-state index in [4.69, 9.17) is 0 Å². The van der Waals surface area contributed by atoms with Crippen molar-refractivity contribution < 1.29 is 9.53 Å². The molecule has 0 radical (unpaired) electrons. The quantitative estimate of drug-likeness (QED) is 0.666. The number of hydrogen-bond donors (Lipinski definition) is 1. The molecule has 1 N–H and O–H groups in total. The zero-order valence-electron chi connectivity index (χ0n) is 9.96. The third-order valence-electron chi connectivity index (χ3n) is 2.53. The molecule has 0 fully saturated rings. The Morgan fingerprint density at radius 2 is 1.93 bits per heavy atom. The number of esters is 1. The molecule has 0 spiro atoms. The second-order valence-electron chi connectivity index (χ2n) is 4.09. The summed E-state index contributed by atoms with van der Waals surface area (Å²) in [5.74, 6) is 0.397. The van der Waals surface area contributed by atoms with E-state index >= 15 is 0 Å². The lowest BCUT2D eigenvalue weighted by atomic mass is 10.0. The third-order valence-corrected chi connectivity index (χ3v) is 2.53. The summed E-state index contributed by atoms with van der Waals surface area (Å²) in [6.45, 7) is 9.10. The average Bonchev–Trinajstić information content (AvgIpc) is 2.16. The van der Waals surface area contributed by atoms with E-state index in [9.17, 15) is 4.79 Å². The summed E-state index contributed by atoms with van der Waals surface area (Å²) in [4.78, 5) is 11.1. The molecule has 0 aromatic carbocycles. The SMILES string of the molecule is CCC(NCC(C)C(=O)OC)C(C)C. The second kappa shape index (κ2) is 6.82. The molecule has 2 unspecified atom stereocenters. The second-order valence-corrected chi connectivity index (χ2v) is 4.09. The molecule has 2 atom stereocenters. The van der Waals surface area contributed by atoms with E-state index in [-0.39, 0.29) is 11.9 Å². The smallest absolute Gasteiger partial charge is 0.309 e. The van der Waals surface area contributed by atoms with Crippen LogP contribution >= 0.6 is 0 Å². The largest absolute Gasteiger partial charge is 0.469 e. The maximum atomic E-state index is 11.1. The Morgan fingerprint density at radius 3 is 2.29 bits per heavy atom. The summed E-state index contributed by atoms with van der Waals surface area (Å²) >= 11 is 0. The summed E-state index contributed by atoms with van der Waals surface area (Å²) in [6.07, 6.45) is 1.09. The summed E-state index contributed by atoms with van der Waals surface area (Å²) in [5.41, 5.74) is 0. The van der Waals surface area contributed by atoms with Crippen LogP contribution in [0.25, 0.3) is 0 Å². The molecule has 0 rings (SSSR count). The normalized spacial score (nSPS) is 15.3. The number of carbonyl (C=O) groups is 1. The zero-order valence-corrected chi connectivity index (χ0v) is 9.96. The zero-order chi connectivity index (χ0) is 11.1. The highest BCUT2D eigenvalue weighted by atomic mass is 16.5. The van der Waals surface area contributed by atoms with E-state index in [0.717, 1.165) is 6.42 Å². The van der Waals surface area contributed by atoms with Crippen molar-refractivity contribution in [3.8, 4) is 0 Å². The van der Waals surface area contributed by atoms with Gasteiger partial charge < -0.3 is 10.1 Å². The van der Waals surface area contributed by atoms with Gasteiger partial charge >= 0.3 is 5.97 Å². The Hall–Kier alpha value is -0.570. The van der Waals surface area contributed by atoms with E-state index in [1.165, 1.54) is 7.11 Å². The predicted molar refractivity (Wildman–Crippen MR) is 58.1 cm³/mol. The van der Waals surface area contributed by atoms with Gasteiger partial charge in [0.2, 0.25) is 0 Å². The van der Waals surface area contributed by atoms with Crippen LogP contribution in [0, 0.1) is 11.8 Å². The molecule has 0 aromatic heterocycles. The van der Waals surface area contributed by atoms with Gasteiger partial charge in [0, 0.05) is 12.6 Å². The van der Waals surface area contributed by atoms with Crippen molar-refractivity contribution in [2.75, 3.05) is 13.7 Å². The fourth-order valence-corrected chi connectivity index (χ4v) is 1.46. The Labute approximate surface area is 87.2 Å². The highest BCUT2D eigenvalue weighted by molar-refractivity contribution is 5.72. The fraction of sp³-hybridized carbons (Fsp3) is 0.909. The number of methoxy groups -OCH3 is 1. The number of hydrogen-bond acceptors (Lipinski definition) is 3. The van der Waals surface area contributed by atoms with Gasteiger partial charge in [0.05, 0.1) is 13.0 Å². The van der Waals surface area contributed by atoms with Crippen molar-refractivity contribution in [1.82, 2.24) is 5.32 Å². The van der Waals surface area contributed by atoms with Gasteiger partial charge in [-0.2, -0.15) is 0 Å². The molecular formula is C11H23NO2. The van der Waals surface area contributed by atoms with E-state index < -0.39 is 0 Å². The van der Waals surface area contributed by atoms with Gasteiger partial charge in [0.15, 0.2) is 0 Å². The summed E-state index contributed by atoms with van der Waals surface area (Å²) < 4.78 is 4.66. The predicted octanol–water partition coefficient (Wildman–Crippen LogP) is 1.82. The van der Waals surface area contributed by atoms with Crippen LogP contribution in [-0.2, 0) is 9.53 Å². The van der Waals surface area contributed by atoms with Gasteiger partial charge in [-0.15, -0.1) is 0 Å². The molecule has 0 aliphatic heterocycles. The first-order valence-corrected chi connectivity index (χ1v) is 5.34. The number of carbonyl (C=O) groups excluding carboxylic acids is 1. The van der Waals surface area contributed by atoms with Crippen LogP contribution in [0.2, 0.25) is 0 Å². The van der Waals surface area contributed by atoms with Gasteiger partial charge in [-0.25, -0.2) is 0 Å². The van der Waals surface area contributed by atoms with Crippen molar-refractivity contribution >= 4 is 5.97 Å². The molecule has 0 aromatic rings. The molecular weight excluding hydrogens is 178 g/mol. The first kappa shape index (κ1) is 13.4. The molecule has 0 amide bonds. The topological polar surface area (TPSA) is 38.3 Å². The molecule has 0 saturated heterocycles. The summed E-state index contributed by atoms with van der Waals surface area (Å²) in [5, 5.41) is 3.38. The van der Waals surface area contributed by atoms with Gasteiger partial charge in [0.25, 0.3) is 0 Å². The van der Waals surface area contributed by atoms with Crippen molar-refractivity contribution in [2.24, 2.45) is 11.8 Å². The Morgan fingerprint density at radius 1 is 1.36 bits per heavy atom. The minimum atomic E-state index is -0.142. The minimum Gasteiger partial charge on any atom is -0.469 e. The van der Waals surface area contributed by atoms with Crippen LogP contribution < -0.4 is 5.32 Å². The van der Waals surface area contributed by atoms with Gasteiger partial charge in [0.1, 0.15) is 0 Å². The van der Waals surface area contributed by atoms with Crippen LogP contribution in [0.15, 0.2) is 0 Å². The van der Waals surface area contributed by atoms with E-state index in [2.05, 4.69) is 30.8 Å². The molecule has 0 saturated carbocycles. The van der Waals surface area contributed by atoms with Gasteiger partial charge in [-0.3, -0.25) is 4.79 Å². The molecule has 0 heterocycles. The lowest BCUT2D eigenvalue weighted by Gasteiger charge is -2.22. The van der Waals surface area contributed by atoms with E-state index in [1.54, 1.807) is 0 Å². The van der Waals surface area contributed by atoms with Crippen LogP contribution in [0.1, 0.15) is 34.1 Å². The monoisotopic (exact) mass is 201 g/mol. The Kier molecular flexibility index (Phi) is 6.54. The van der Waals surface area contributed by atoms with Crippen molar-refractivity contribution in [3.63, 3.8) is 0 Å². The summed E-state index contributed by atoms with van der Waals surface area (Å²) in [7, 11) is 1.43. The van der Waals surface area contributed by atoms with Crippen molar-refractivity contribution in [2.45, 2.75) is 40.2 Å². The number of ether oxygens (including phenoxy) is 1. The first-order chi connectivity index (χ1) is 6.52. The van der Waals surface area contributed by atoms with Crippen LogP contribution in [-0.4, -0.2) is 25.7 Å². The molecule has 0 bridgehead atoms. The fourth-order valence-electron chi connectivity index (χ4n) is 1.46. The highest BCUT2D eigenvalue weighted by Gasteiger charge is 2.16. The third kappa shape index (κ3) is 4.61. The average molecular weight is 201 g/mol. The Bertz CT molecular complexity index is 169. The summed E-state index contributed by atoms with van der Waals surface area (Å²) in [6, 6.07) is 0.488. The molecule has 0 aliphatic rings. The first-order valence-electron chi connectivity index (χ1n) is 5.34. The van der Waals surface area contributed by atoms with Crippen LogP contribution in [0.4, 0.5) is 0 Å². The van der Waals surface area contributed by atoms with Crippen molar-refractivity contribution in [1.29, 1.82) is 0 Å². The molecule has 3 heteroatoms. The van der Waals surface area contributed by atoms with Gasteiger partial charge in [-0.1, -0.05) is 27.7 Å².